The second-order valence-corrected chi connectivity index (χ2v) is 7.05. The Hall–Kier alpha value is -0.520. The zero-order valence-electron chi connectivity index (χ0n) is 10.6. The van der Waals surface area contributed by atoms with Gasteiger partial charge in [0.05, 0.1) is 5.88 Å². The van der Waals surface area contributed by atoms with Crippen LogP contribution >= 0.6 is 11.6 Å². The highest BCUT2D eigenvalue weighted by atomic mass is 35.5. The highest BCUT2D eigenvalue weighted by Gasteiger charge is 2.35. The van der Waals surface area contributed by atoms with Gasteiger partial charge in [-0.15, -0.1) is 11.6 Å². The first-order valence-electron chi connectivity index (χ1n) is 6.11. The van der Waals surface area contributed by atoms with Crippen molar-refractivity contribution in [3.05, 3.63) is 17.9 Å². The fraction of sp³-hybridized carbons (Fsp3) is 0.667. The Labute approximate surface area is 113 Å². The molecule has 0 aliphatic carbocycles. The summed E-state index contributed by atoms with van der Waals surface area (Å²) >= 11 is 5.63. The lowest BCUT2D eigenvalue weighted by atomic mass is 9.97. The predicted molar refractivity (Wildman–Crippen MR) is 70.0 cm³/mol. The molecule has 2 rings (SSSR count). The van der Waals surface area contributed by atoms with E-state index in [0.29, 0.717) is 18.2 Å². The van der Waals surface area contributed by atoms with Gasteiger partial charge in [-0.3, -0.25) is 0 Å². The molecule has 1 aliphatic rings. The number of alkyl halides is 1. The van der Waals surface area contributed by atoms with Crippen molar-refractivity contribution in [3.8, 4) is 0 Å². The number of halogens is 1. The fourth-order valence-corrected chi connectivity index (χ4v) is 4.12. The summed E-state index contributed by atoms with van der Waals surface area (Å²) < 4.78 is 31.7. The third-order valence-corrected chi connectivity index (χ3v) is 5.51. The van der Waals surface area contributed by atoms with Crippen molar-refractivity contribution < 1.29 is 12.8 Å². The molecule has 2 unspecified atom stereocenters. The van der Waals surface area contributed by atoms with Crippen LogP contribution in [0.5, 0.6) is 0 Å². The molecule has 1 aromatic heterocycles. The van der Waals surface area contributed by atoms with Crippen LogP contribution in [0.4, 0.5) is 0 Å². The fourth-order valence-electron chi connectivity index (χ4n) is 2.27. The van der Waals surface area contributed by atoms with Crippen molar-refractivity contribution in [2.75, 3.05) is 6.54 Å². The molecule has 102 valence electrons. The highest BCUT2D eigenvalue weighted by Crippen LogP contribution is 2.28. The summed E-state index contributed by atoms with van der Waals surface area (Å²) in [6.07, 6.45) is 1.96. The first-order chi connectivity index (χ1) is 8.45. The first-order valence-corrected chi connectivity index (χ1v) is 8.09. The number of piperidine rings is 1. The molecular formula is C12H18ClNO3S. The molecule has 0 amide bonds. The molecule has 1 fully saturated rings. The minimum Gasteiger partial charge on any atom is -0.447 e. The quantitative estimate of drug-likeness (QED) is 0.805. The average Bonchev–Trinajstić information content (AvgIpc) is 2.81. The van der Waals surface area contributed by atoms with Crippen LogP contribution in [0.2, 0.25) is 0 Å². The molecule has 1 saturated heterocycles. The van der Waals surface area contributed by atoms with Gasteiger partial charge in [-0.1, -0.05) is 6.92 Å². The summed E-state index contributed by atoms with van der Waals surface area (Å²) in [6, 6.07) is 3.12. The van der Waals surface area contributed by atoms with Gasteiger partial charge in [-0.25, -0.2) is 8.42 Å². The van der Waals surface area contributed by atoms with Crippen LogP contribution in [0.25, 0.3) is 0 Å². The largest absolute Gasteiger partial charge is 0.447 e. The van der Waals surface area contributed by atoms with Crippen LogP contribution in [-0.2, 0) is 15.9 Å². The van der Waals surface area contributed by atoms with Gasteiger partial charge >= 0.3 is 0 Å². The Morgan fingerprint density at radius 1 is 1.39 bits per heavy atom. The van der Waals surface area contributed by atoms with Crippen molar-refractivity contribution in [3.63, 3.8) is 0 Å². The maximum Gasteiger partial charge on any atom is 0.276 e. The molecule has 1 aliphatic heterocycles. The van der Waals surface area contributed by atoms with Crippen molar-refractivity contribution >= 4 is 21.6 Å². The number of rotatable bonds is 3. The summed E-state index contributed by atoms with van der Waals surface area (Å²) in [6.45, 7) is 4.57. The molecule has 0 bridgehead atoms. The topological polar surface area (TPSA) is 50.5 Å². The van der Waals surface area contributed by atoms with Gasteiger partial charge in [0.25, 0.3) is 10.0 Å². The van der Waals surface area contributed by atoms with Crippen LogP contribution in [-0.4, -0.2) is 25.3 Å². The Balaban J connectivity index is 2.29. The maximum atomic E-state index is 12.5. The molecule has 2 atom stereocenters. The highest BCUT2D eigenvalue weighted by molar-refractivity contribution is 7.89. The molecule has 18 heavy (non-hydrogen) atoms. The van der Waals surface area contributed by atoms with Gasteiger partial charge in [0.1, 0.15) is 5.76 Å². The van der Waals surface area contributed by atoms with Crippen molar-refractivity contribution in [1.82, 2.24) is 4.31 Å². The molecule has 4 nitrogen and oxygen atoms in total. The second-order valence-electron chi connectivity index (χ2n) is 4.96. The Morgan fingerprint density at radius 3 is 2.72 bits per heavy atom. The standard InChI is InChI=1S/C12H18ClNO3S/c1-9-3-4-10(2)14(8-9)18(15,16)12-6-5-11(7-13)17-12/h5-6,9-10H,3-4,7-8H2,1-2H3. The third-order valence-electron chi connectivity index (χ3n) is 3.39. The number of sulfonamides is 1. The van der Waals surface area contributed by atoms with Gasteiger partial charge in [-0.05, 0) is 37.8 Å². The van der Waals surface area contributed by atoms with E-state index < -0.39 is 10.0 Å². The molecule has 0 aromatic carbocycles. The minimum atomic E-state index is -3.53. The average molecular weight is 292 g/mol. The molecule has 2 heterocycles. The lowest BCUT2D eigenvalue weighted by molar-refractivity contribution is 0.213. The number of hydrogen-bond acceptors (Lipinski definition) is 3. The summed E-state index contributed by atoms with van der Waals surface area (Å²) in [5, 5.41) is -0.000833. The van der Waals surface area contributed by atoms with Gasteiger partial charge in [0.15, 0.2) is 0 Å². The summed E-state index contributed by atoms with van der Waals surface area (Å²) in [7, 11) is -3.53. The molecule has 0 saturated carbocycles. The summed E-state index contributed by atoms with van der Waals surface area (Å²) in [4.78, 5) is 0. The first kappa shape index (κ1) is 13.9. The number of nitrogens with zero attached hydrogens (tertiary/aromatic N) is 1. The Morgan fingerprint density at radius 2 is 2.11 bits per heavy atom. The molecule has 1 aromatic rings. The Kier molecular flexibility index (Phi) is 4.04. The van der Waals surface area contributed by atoms with Gasteiger partial charge < -0.3 is 4.42 Å². The second kappa shape index (κ2) is 5.23. The van der Waals surface area contributed by atoms with E-state index in [9.17, 15) is 8.42 Å². The maximum absolute atomic E-state index is 12.5. The van der Waals surface area contributed by atoms with Crippen LogP contribution in [0.1, 0.15) is 32.4 Å². The molecule has 0 radical (unpaired) electrons. The monoisotopic (exact) mass is 291 g/mol. The van der Waals surface area contributed by atoms with E-state index in [-0.39, 0.29) is 17.0 Å². The zero-order chi connectivity index (χ0) is 13.3. The number of hydrogen-bond donors (Lipinski definition) is 0. The minimum absolute atomic E-state index is 0.000833. The Bertz CT molecular complexity index is 511. The lowest BCUT2D eigenvalue weighted by Crippen LogP contribution is -2.44. The van der Waals surface area contributed by atoms with E-state index in [2.05, 4.69) is 6.92 Å². The van der Waals surface area contributed by atoms with E-state index >= 15 is 0 Å². The van der Waals surface area contributed by atoms with Gasteiger partial charge in [0.2, 0.25) is 5.09 Å². The SMILES string of the molecule is CC1CCC(C)N(S(=O)(=O)c2ccc(CCl)o2)C1. The van der Waals surface area contributed by atoms with Crippen LogP contribution in [0, 0.1) is 5.92 Å². The molecule has 0 spiro atoms. The van der Waals surface area contributed by atoms with E-state index in [0.717, 1.165) is 12.8 Å². The van der Waals surface area contributed by atoms with Gasteiger partial charge in [0, 0.05) is 12.6 Å². The normalized spacial score (nSPS) is 26.4. The van der Waals surface area contributed by atoms with Crippen molar-refractivity contribution in [2.45, 2.75) is 43.7 Å². The van der Waals surface area contributed by atoms with E-state index in [1.54, 1.807) is 6.07 Å². The summed E-state index contributed by atoms with van der Waals surface area (Å²) in [5.41, 5.74) is 0. The predicted octanol–water partition coefficient (Wildman–Crippen LogP) is 2.83. The van der Waals surface area contributed by atoms with Crippen molar-refractivity contribution in [1.29, 1.82) is 0 Å². The van der Waals surface area contributed by atoms with E-state index in [4.69, 9.17) is 16.0 Å². The third kappa shape index (κ3) is 2.58. The van der Waals surface area contributed by atoms with Crippen molar-refractivity contribution in [2.24, 2.45) is 5.92 Å². The number of furan rings is 1. The molecule has 0 N–H and O–H groups in total. The van der Waals surface area contributed by atoms with Gasteiger partial charge in [-0.2, -0.15) is 4.31 Å². The van der Waals surface area contributed by atoms with Crippen LogP contribution < -0.4 is 0 Å². The summed E-state index contributed by atoms with van der Waals surface area (Å²) in [5.74, 6) is 1.05. The van der Waals surface area contributed by atoms with Crippen LogP contribution in [0.3, 0.4) is 0 Å². The smallest absolute Gasteiger partial charge is 0.276 e. The van der Waals surface area contributed by atoms with Crippen LogP contribution in [0.15, 0.2) is 21.6 Å². The lowest BCUT2D eigenvalue weighted by Gasteiger charge is -2.34. The molecule has 6 heteroatoms. The zero-order valence-corrected chi connectivity index (χ0v) is 12.2. The van der Waals surface area contributed by atoms with E-state index in [1.807, 2.05) is 6.92 Å². The molecular weight excluding hydrogens is 274 g/mol. The van der Waals surface area contributed by atoms with E-state index in [1.165, 1.54) is 10.4 Å².